The summed E-state index contributed by atoms with van der Waals surface area (Å²) in [6.45, 7) is 1.98. The van der Waals surface area contributed by atoms with Gasteiger partial charge in [-0.3, -0.25) is 14.9 Å². The Bertz CT molecular complexity index is 1330. The molecule has 1 amide bonds. The number of benzene rings is 3. The molecule has 1 aromatic heterocycles. The zero-order valence-electron chi connectivity index (χ0n) is 19.2. The Morgan fingerprint density at radius 3 is 2.60 bits per heavy atom. The van der Waals surface area contributed by atoms with Gasteiger partial charge in [0.15, 0.2) is 6.61 Å². The fourth-order valence-electron chi connectivity index (χ4n) is 3.80. The van der Waals surface area contributed by atoms with Crippen LogP contribution in [0.5, 0.6) is 5.75 Å². The molecule has 0 aliphatic rings. The van der Waals surface area contributed by atoms with Crippen LogP contribution in [0.2, 0.25) is 5.02 Å². The lowest BCUT2D eigenvalue weighted by Crippen LogP contribution is -2.38. The summed E-state index contributed by atoms with van der Waals surface area (Å²) in [7, 11) is 0. The molecule has 8 heteroatoms. The van der Waals surface area contributed by atoms with Crippen molar-refractivity contribution in [3.63, 3.8) is 0 Å². The second kappa shape index (κ2) is 11.1. The number of carbonyl (C=O) groups is 2. The number of carboxylic acid groups (broad SMARTS) is 1. The molecule has 7 nitrogen and oxygen atoms in total. The lowest BCUT2D eigenvalue weighted by Gasteiger charge is -2.17. The third-order valence-corrected chi connectivity index (χ3v) is 5.89. The van der Waals surface area contributed by atoms with E-state index in [0.717, 1.165) is 22.0 Å². The molecule has 1 unspecified atom stereocenters. The van der Waals surface area contributed by atoms with Crippen molar-refractivity contribution in [2.45, 2.75) is 25.9 Å². The van der Waals surface area contributed by atoms with E-state index in [4.69, 9.17) is 16.3 Å². The highest BCUT2D eigenvalue weighted by atomic mass is 35.5. The maximum absolute atomic E-state index is 12.3. The number of rotatable bonds is 10. The standard InChI is InChI=1S/C27H26ClN3O4/c1-17-6-9-21(10-7-17)31-26(32)16-35-25-11-8-20(28)12-19(25)15-30-24(27(33)34)13-18-14-29-23-5-3-2-4-22(18)23/h2-12,14,24,29-30H,13,15-16H2,1H3,(H,31,32)(H,33,34). The number of H-pyrrole nitrogens is 1. The van der Waals surface area contributed by atoms with Crippen LogP contribution in [0.15, 0.2) is 72.9 Å². The van der Waals surface area contributed by atoms with E-state index in [0.29, 0.717) is 28.4 Å². The van der Waals surface area contributed by atoms with E-state index in [1.165, 1.54) is 0 Å². The van der Waals surface area contributed by atoms with E-state index < -0.39 is 12.0 Å². The molecule has 0 aliphatic carbocycles. The first-order valence-corrected chi connectivity index (χ1v) is 11.6. The van der Waals surface area contributed by atoms with Crippen molar-refractivity contribution in [2.24, 2.45) is 0 Å². The SMILES string of the molecule is Cc1ccc(NC(=O)COc2ccc(Cl)cc2CNC(Cc2c[nH]c3ccccc23)C(=O)O)cc1. The highest BCUT2D eigenvalue weighted by Crippen LogP contribution is 2.24. The lowest BCUT2D eigenvalue weighted by atomic mass is 10.0. The monoisotopic (exact) mass is 491 g/mol. The van der Waals surface area contributed by atoms with Crippen molar-refractivity contribution in [1.29, 1.82) is 0 Å². The van der Waals surface area contributed by atoms with Gasteiger partial charge in [0, 0.05) is 46.3 Å². The molecule has 0 saturated heterocycles. The van der Waals surface area contributed by atoms with Gasteiger partial charge in [-0.05, 0) is 48.9 Å². The molecular formula is C27H26ClN3O4. The molecule has 180 valence electrons. The van der Waals surface area contributed by atoms with Gasteiger partial charge >= 0.3 is 5.97 Å². The molecule has 4 aromatic rings. The van der Waals surface area contributed by atoms with Gasteiger partial charge in [0.2, 0.25) is 0 Å². The Hall–Kier alpha value is -3.81. The number of aryl methyl sites for hydroxylation is 1. The van der Waals surface area contributed by atoms with Crippen LogP contribution in [0.3, 0.4) is 0 Å². The molecule has 4 N–H and O–H groups in total. The summed E-state index contributed by atoms with van der Waals surface area (Å²) in [5.41, 5.74) is 4.31. The lowest BCUT2D eigenvalue weighted by molar-refractivity contribution is -0.139. The van der Waals surface area contributed by atoms with E-state index in [2.05, 4.69) is 15.6 Å². The summed E-state index contributed by atoms with van der Waals surface area (Å²) < 4.78 is 5.74. The first kappa shape index (κ1) is 24.3. The second-order valence-corrected chi connectivity index (χ2v) is 8.73. The van der Waals surface area contributed by atoms with Crippen molar-refractivity contribution >= 4 is 40.1 Å². The van der Waals surface area contributed by atoms with Crippen LogP contribution in [0.1, 0.15) is 16.7 Å². The highest BCUT2D eigenvalue weighted by molar-refractivity contribution is 6.30. The van der Waals surface area contributed by atoms with Crippen LogP contribution in [-0.4, -0.2) is 34.6 Å². The van der Waals surface area contributed by atoms with Crippen LogP contribution in [0.25, 0.3) is 10.9 Å². The molecule has 0 radical (unpaired) electrons. The van der Waals surface area contributed by atoms with Gasteiger partial charge in [-0.15, -0.1) is 0 Å². The fourth-order valence-corrected chi connectivity index (χ4v) is 4.00. The fraction of sp³-hybridized carbons (Fsp3) is 0.185. The molecule has 0 saturated carbocycles. The molecule has 35 heavy (non-hydrogen) atoms. The zero-order chi connectivity index (χ0) is 24.8. The van der Waals surface area contributed by atoms with Gasteiger partial charge in [-0.1, -0.05) is 47.5 Å². The summed E-state index contributed by atoms with van der Waals surface area (Å²) in [6, 6.07) is 19.4. The first-order chi connectivity index (χ1) is 16.9. The average molecular weight is 492 g/mol. The Morgan fingerprint density at radius 2 is 1.83 bits per heavy atom. The Labute approximate surface area is 208 Å². The molecule has 0 fully saturated rings. The normalized spacial score (nSPS) is 11.8. The number of para-hydroxylation sites is 1. The minimum atomic E-state index is -0.961. The predicted molar refractivity (Wildman–Crippen MR) is 137 cm³/mol. The van der Waals surface area contributed by atoms with Crippen LogP contribution in [0, 0.1) is 6.92 Å². The predicted octanol–water partition coefficient (Wildman–Crippen LogP) is 4.93. The largest absolute Gasteiger partial charge is 0.483 e. The summed E-state index contributed by atoms with van der Waals surface area (Å²) >= 11 is 6.17. The van der Waals surface area contributed by atoms with Crippen molar-refractivity contribution in [3.05, 3.63) is 94.6 Å². The molecule has 3 aromatic carbocycles. The molecule has 0 spiro atoms. The topological polar surface area (TPSA) is 103 Å². The van der Waals surface area contributed by atoms with Gasteiger partial charge in [-0.2, -0.15) is 0 Å². The van der Waals surface area contributed by atoms with E-state index >= 15 is 0 Å². The zero-order valence-corrected chi connectivity index (χ0v) is 19.9. The number of hydrogen-bond acceptors (Lipinski definition) is 4. The minimum Gasteiger partial charge on any atom is -0.483 e. The van der Waals surface area contributed by atoms with Crippen LogP contribution in [-0.2, 0) is 22.6 Å². The average Bonchev–Trinajstić information content (AvgIpc) is 3.25. The van der Waals surface area contributed by atoms with E-state index in [-0.39, 0.29) is 19.1 Å². The van der Waals surface area contributed by atoms with E-state index in [1.807, 2.05) is 61.7 Å². The minimum absolute atomic E-state index is 0.194. The summed E-state index contributed by atoms with van der Waals surface area (Å²) in [6.07, 6.45) is 2.14. The molecule has 1 heterocycles. The number of carbonyl (C=O) groups excluding carboxylic acids is 1. The molecule has 0 bridgehead atoms. The summed E-state index contributed by atoms with van der Waals surface area (Å²) in [5.74, 6) is -0.806. The van der Waals surface area contributed by atoms with Crippen molar-refractivity contribution in [1.82, 2.24) is 10.3 Å². The number of aromatic amines is 1. The van der Waals surface area contributed by atoms with Crippen LogP contribution >= 0.6 is 11.6 Å². The number of hydrogen-bond donors (Lipinski definition) is 4. The number of nitrogens with one attached hydrogen (secondary N) is 3. The van der Waals surface area contributed by atoms with Gasteiger partial charge in [0.25, 0.3) is 5.91 Å². The van der Waals surface area contributed by atoms with E-state index in [9.17, 15) is 14.7 Å². The Kier molecular flexibility index (Phi) is 7.70. The Morgan fingerprint density at radius 1 is 1.06 bits per heavy atom. The number of carboxylic acids is 1. The second-order valence-electron chi connectivity index (χ2n) is 8.29. The number of aromatic nitrogens is 1. The number of fused-ring (bicyclic) bond motifs is 1. The third kappa shape index (κ3) is 6.41. The van der Waals surface area contributed by atoms with Gasteiger partial charge in [0.1, 0.15) is 11.8 Å². The van der Waals surface area contributed by atoms with Crippen molar-refractivity contribution in [2.75, 3.05) is 11.9 Å². The molecular weight excluding hydrogens is 466 g/mol. The third-order valence-electron chi connectivity index (χ3n) is 5.65. The van der Waals surface area contributed by atoms with Gasteiger partial charge in [0.05, 0.1) is 0 Å². The molecule has 4 rings (SSSR count). The first-order valence-electron chi connectivity index (χ1n) is 11.2. The summed E-state index contributed by atoms with van der Waals surface area (Å²) in [5, 5.41) is 17.2. The maximum Gasteiger partial charge on any atom is 0.321 e. The number of halogens is 1. The van der Waals surface area contributed by atoms with Crippen molar-refractivity contribution in [3.8, 4) is 5.75 Å². The van der Waals surface area contributed by atoms with Gasteiger partial charge < -0.3 is 20.1 Å². The number of anilines is 1. The van der Waals surface area contributed by atoms with E-state index in [1.54, 1.807) is 18.2 Å². The Balaban J connectivity index is 1.40. The smallest absolute Gasteiger partial charge is 0.321 e. The molecule has 0 aliphatic heterocycles. The quantitative estimate of drug-likeness (QED) is 0.252. The van der Waals surface area contributed by atoms with Crippen molar-refractivity contribution < 1.29 is 19.4 Å². The van der Waals surface area contributed by atoms with Crippen LogP contribution in [0.4, 0.5) is 5.69 Å². The number of amides is 1. The number of ether oxygens (including phenoxy) is 1. The maximum atomic E-state index is 12.3. The molecule has 1 atom stereocenters. The van der Waals surface area contributed by atoms with Gasteiger partial charge in [-0.25, -0.2) is 0 Å². The summed E-state index contributed by atoms with van der Waals surface area (Å²) in [4.78, 5) is 27.5. The highest BCUT2D eigenvalue weighted by Gasteiger charge is 2.20. The van der Waals surface area contributed by atoms with Crippen LogP contribution < -0.4 is 15.4 Å². The number of aliphatic carboxylic acids is 1.